The molecule has 15 heteroatoms. The number of halogens is 7. The number of H-pyrrole nitrogens is 1. The van der Waals surface area contributed by atoms with Gasteiger partial charge in [0.25, 0.3) is 5.56 Å². The summed E-state index contributed by atoms with van der Waals surface area (Å²) in [5, 5.41) is 0. The van der Waals surface area contributed by atoms with Crippen LogP contribution in [0, 0.1) is 11.8 Å². The summed E-state index contributed by atoms with van der Waals surface area (Å²) in [6.07, 6.45) is -12.1. The number of rotatable bonds is 6. The Morgan fingerprint density at radius 3 is 2.25 bits per heavy atom. The lowest BCUT2D eigenvalue weighted by Gasteiger charge is -2.38. The van der Waals surface area contributed by atoms with Gasteiger partial charge >= 0.3 is 18.0 Å². The summed E-state index contributed by atoms with van der Waals surface area (Å²) in [6.45, 7) is -0.0422. The van der Waals surface area contributed by atoms with E-state index in [2.05, 4.69) is 4.98 Å². The summed E-state index contributed by atoms with van der Waals surface area (Å²) < 4.78 is 100. The molecule has 202 valence electrons. The predicted molar refractivity (Wildman–Crippen MR) is 113 cm³/mol. The van der Waals surface area contributed by atoms with Crippen molar-refractivity contribution in [3.05, 3.63) is 37.9 Å². The molecule has 4 atom stereocenters. The quantitative estimate of drug-likeness (QED) is 0.487. The topological polar surface area (TPSA) is 119 Å². The van der Waals surface area contributed by atoms with Crippen molar-refractivity contribution in [2.75, 3.05) is 20.2 Å². The summed E-state index contributed by atoms with van der Waals surface area (Å²) in [6, 6.07) is -2.94. The SMILES string of the molecule is COC1c2c(c(=O)[nH]c(=O)n2C2CC2)C(N)=C(F)C1N1CCC(C(N)CC(C(F)(F)F)C(F)(F)F)C1. The number of methoxy groups -OCH3 is 1. The second-order valence-corrected chi connectivity index (χ2v) is 9.56. The smallest absolute Gasteiger partial charge is 0.396 e. The number of alkyl halides is 6. The Morgan fingerprint density at radius 1 is 1.11 bits per heavy atom. The molecule has 5 N–H and O–H groups in total. The van der Waals surface area contributed by atoms with Crippen molar-refractivity contribution in [3.8, 4) is 0 Å². The number of nitrogens with one attached hydrogen (secondary N) is 1. The van der Waals surface area contributed by atoms with Crippen LogP contribution in [0.4, 0.5) is 30.7 Å². The molecule has 0 spiro atoms. The third kappa shape index (κ3) is 4.67. The number of hydrogen-bond acceptors (Lipinski definition) is 6. The van der Waals surface area contributed by atoms with Crippen molar-refractivity contribution in [1.29, 1.82) is 0 Å². The molecular weight excluding hydrogens is 503 g/mol. The van der Waals surface area contributed by atoms with E-state index in [-0.39, 0.29) is 36.8 Å². The summed E-state index contributed by atoms with van der Waals surface area (Å²) in [7, 11) is 1.25. The van der Waals surface area contributed by atoms with Crippen LogP contribution in [0.1, 0.15) is 49.1 Å². The number of aromatic amines is 1. The first-order valence-corrected chi connectivity index (χ1v) is 11.4. The Morgan fingerprint density at radius 2 is 1.72 bits per heavy atom. The highest BCUT2D eigenvalue weighted by Crippen LogP contribution is 2.46. The first kappa shape index (κ1) is 26.7. The molecule has 2 aliphatic carbocycles. The second-order valence-electron chi connectivity index (χ2n) is 9.56. The molecule has 1 aliphatic heterocycles. The van der Waals surface area contributed by atoms with Crippen molar-refractivity contribution < 1.29 is 35.5 Å². The van der Waals surface area contributed by atoms with Crippen LogP contribution in [-0.2, 0) is 4.74 Å². The summed E-state index contributed by atoms with van der Waals surface area (Å²) >= 11 is 0. The van der Waals surface area contributed by atoms with Crippen LogP contribution in [0.25, 0.3) is 5.70 Å². The average molecular weight is 529 g/mol. The molecule has 1 saturated heterocycles. The number of ether oxygens (including phenoxy) is 1. The number of hydrogen-bond donors (Lipinski definition) is 3. The largest absolute Gasteiger partial charge is 0.400 e. The van der Waals surface area contributed by atoms with Gasteiger partial charge in [-0.1, -0.05) is 0 Å². The van der Waals surface area contributed by atoms with Crippen molar-refractivity contribution in [2.24, 2.45) is 23.3 Å². The fraction of sp³-hybridized carbons (Fsp3) is 0.714. The van der Waals surface area contributed by atoms with Gasteiger partial charge in [-0.15, -0.1) is 0 Å². The van der Waals surface area contributed by atoms with E-state index in [4.69, 9.17) is 16.2 Å². The fourth-order valence-corrected chi connectivity index (χ4v) is 5.29. The zero-order valence-electron chi connectivity index (χ0n) is 19.1. The van der Waals surface area contributed by atoms with Crippen molar-refractivity contribution in [3.63, 3.8) is 0 Å². The van der Waals surface area contributed by atoms with Gasteiger partial charge in [0, 0.05) is 25.7 Å². The van der Waals surface area contributed by atoms with E-state index in [9.17, 15) is 35.9 Å². The molecule has 3 aliphatic rings. The Labute approximate surface area is 200 Å². The molecule has 1 aromatic rings. The molecule has 4 rings (SSSR count). The molecule has 2 fully saturated rings. The molecule has 0 aromatic carbocycles. The first-order valence-electron chi connectivity index (χ1n) is 11.4. The Kier molecular flexibility index (Phi) is 6.79. The third-order valence-electron chi connectivity index (χ3n) is 7.24. The van der Waals surface area contributed by atoms with E-state index in [0.717, 1.165) is 0 Å². The Bertz CT molecular complexity index is 1140. The van der Waals surface area contributed by atoms with Gasteiger partial charge in [0.05, 0.1) is 23.0 Å². The number of aromatic nitrogens is 2. The molecule has 2 heterocycles. The number of fused-ring (bicyclic) bond motifs is 1. The minimum Gasteiger partial charge on any atom is -0.396 e. The third-order valence-corrected chi connectivity index (χ3v) is 7.24. The molecule has 0 radical (unpaired) electrons. The highest BCUT2D eigenvalue weighted by Gasteiger charge is 2.57. The molecule has 36 heavy (non-hydrogen) atoms. The van der Waals surface area contributed by atoms with Crippen LogP contribution < -0.4 is 22.7 Å². The minimum atomic E-state index is -5.51. The van der Waals surface area contributed by atoms with Crippen LogP contribution in [0.5, 0.6) is 0 Å². The van der Waals surface area contributed by atoms with Gasteiger partial charge in [0.1, 0.15) is 11.9 Å². The standard InChI is InChI=1S/C21H26F7N5O3/c1-36-17-15-12(18(34)31-19(35)33(15)9-2-3-9)14(30)13(22)16(17)32-5-4-8(7-32)10(29)6-11(20(23,24)25)21(26,27)28/h8-11,16-17H,2-7,29-30H2,1H3,(H,31,34,35). The summed E-state index contributed by atoms with van der Waals surface area (Å²) in [5.41, 5.74) is 9.56. The maximum absolute atomic E-state index is 15.6. The summed E-state index contributed by atoms with van der Waals surface area (Å²) in [5.74, 6) is -5.30. The monoisotopic (exact) mass is 529 g/mol. The molecule has 0 bridgehead atoms. The number of likely N-dealkylation sites (tertiary alicyclic amines) is 1. The second kappa shape index (κ2) is 9.17. The number of nitrogens with zero attached hydrogens (tertiary/aromatic N) is 2. The van der Waals surface area contributed by atoms with Crippen LogP contribution in [0.3, 0.4) is 0 Å². The zero-order valence-corrected chi connectivity index (χ0v) is 19.1. The van der Waals surface area contributed by atoms with Gasteiger partial charge in [0.15, 0.2) is 5.92 Å². The van der Waals surface area contributed by atoms with Gasteiger partial charge in [-0.25, -0.2) is 9.18 Å². The molecule has 1 aromatic heterocycles. The van der Waals surface area contributed by atoms with Gasteiger partial charge in [-0.05, 0) is 38.1 Å². The first-order chi connectivity index (χ1) is 16.7. The van der Waals surface area contributed by atoms with E-state index in [0.29, 0.717) is 12.8 Å². The summed E-state index contributed by atoms with van der Waals surface area (Å²) in [4.78, 5) is 28.7. The molecule has 8 nitrogen and oxygen atoms in total. The van der Waals surface area contributed by atoms with Gasteiger partial charge in [-0.2, -0.15) is 26.3 Å². The Balaban J connectivity index is 1.63. The van der Waals surface area contributed by atoms with Gasteiger partial charge in [-0.3, -0.25) is 19.2 Å². The van der Waals surface area contributed by atoms with E-state index in [1.165, 1.54) is 16.6 Å². The zero-order chi connectivity index (χ0) is 26.7. The maximum Gasteiger partial charge on any atom is 0.400 e. The van der Waals surface area contributed by atoms with Gasteiger partial charge < -0.3 is 16.2 Å². The predicted octanol–water partition coefficient (Wildman–Crippen LogP) is 2.32. The molecule has 0 amide bonds. The van der Waals surface area contributed by atoms with Crippen LogP contribution in [0.15, 0.2) is 15.4 Å². The van der Waals surface area contributed by atoms with Gasteiger partial charge in [0.2, 0.25) is 0 Å². The lowest BCUT2D eigenvalue weighted by atomic mass is 9.89. The molecular formula is C21H26F7N5O3. The van der Waals surface area contributed by atoms with E-state index >= 15 is 4.39 Å². The minimum absolute atomic E-state index is 0.0818. The lowest BCUT2D eigenvalue weighted by Crippen LogP contribution is -2.48. The van der Waals surface area contributed by atoms with E-state index in [1.807, 2.05) is 0 Å². The maximum atomic E-state index is 15.6. The van der Waals surface area contributed by atoms with Crippen LogP contribution in [0.2, 0.25) is 0 Å². The highest BCUT2D eigenvalue weighted by molar-refractivity contribution is 5.70. The van der Waals surface area contributed by atoms with Crippen molar-refractivity contribution in [2.45, 2.75) is 62.3 Å². The Hall–Kier alpha value is -2.39. The molecule has 4 unspecified atom stereocenters. The fourth-order valence-electron chi connectivity index (χ4n) is 5.29. The molecule has 1 saturated carbocycles. The van der Waals surface area contributed by atoms with E-state index in [1.54, 1.807) is 0 Å². The van der Waals surface area contributed by atoms with E-state index < -0.39 is 71.6 Å². The van der Waals surface area contributed by atoms with Crippen molar-refractivity contribution in [1.82, 2.24) is 14.5 Å². The normalized spacial score (nSPS) is 26.6. The highest BCUT2D eigenvalue weighted by atomic mass is 19.4. The van der Waals surface area contributed by atoms with Crippen LogP contribution in [-0.4, -0.2) is 59.1 Å². The van der Waals surface area contributed by atoms with Crippen LogP contribution >= 0.6 is 0 Å². The number of nitrogens with two attached hydrogens (primary N) is 2. The van der Waals surface area contributed by atoms with Crippen molar-refractivity contribution >= 4 is 5.70 Å². The average Bonchev–Trinajstić information content (AvgIpc) is 3.47. The lowest BCUT2D eigenvalue weighted by molar-refractivity contribution is -0.287.